The first-order valence-corrected chi connectivity index (χ1v) is 7.45. The van der Waals surface area contributed by atoms with Gasteiger partial charge in [-0.3, -0.25) is 10.8 Å². The molecule has 112 valence electrons. The number of nitrogen functional groups attached to an aromatic ring is 1. The average Bonchev–Trinajstić information content (AvgIpc) is 2.91. The Labute approximate surface area is 117 Å². The second-order valence-electron chi connectivity index (χ2n) is 4.39. The lowest BCUT2D eigenvalue weighted by Crippen LogP contribution is -2.31. The highest BCUT2D eigenvalue weighted by Gasteiger charge is 2.40. The quantitative estimate of drug-likeness (QED) is 0.552. The number of nitrogens with zero attached hydrogens (tertiary/aromatic N) is 2. The van der Waals surface area contributed by atoms with Crippen LogP contribution in [0.2, 0.25) is 0 Å². The summed E-state index contributed by atoms with van der Waals surface area (Å²) in [4.78, 5) is 3.88. The van der Waals surface area contributed by atoms with Gasteiger partial charge in [0.2, 0.25) is 10.0 Å². The summed E-state index contributed by atoms with van der Waals surface area (Å²) in [5.74, 6) is 5.34. The van der Waals surface area contributed by atoms with Gasteiger partial charge in [-0.25, -0.2) is 8.42 Å². The van der Waals surface area contributed by atoms with Gasteiger partial charge in [-0.15, -0.1) is 0 Å². The topological polar surface area (TPSA) is 107 Å². The Morgan fingerprint density at radius 1 is 1.35 bits per heavy atom. The Morgan fingerprint density at radius 3 is 2.45 bits per heavy atom. The molecule has 1 aromatic heterocycles. The first-order valence-electron chi connectivity index (χ1n) is 6.01. The van der Waals surface area contributed by atoms with E-state index < -0.39 is 10.0 Å². The van der Waals surface area contributed by atoms with Crippen molar-refractivity contribution >= 4 is 15.7 Å². The molecular weight excluding hydrogens is 284 g/mol. The summed E-state index contributed by atoms with van der Waals surface area (Å²) in [5.41, 5.74) is 2.67. The Kier molecular flexibility index (Phi) is 4.55. The number of ether oxygens (including phenoxy) is 2. The number of methoxy groups -OCH3 is 2. The van der Waals surface area contributed by atoms with Crippen molar-refractivity contribution in [2.24, 2.45) is 5.84 Å². The Balaban J connectivity index is 2.32. The van der Waals surface area contributed by atoms with Crippen LogP contribution in [0.1, 0.15) is 0 Å². The van der Waals surface area contributed by atoms with Crippen LogP contribution >= 0.6 is 0 Å². The standard InChI is InChI=1S/C11H18N4O4S/c1-18-9-6-15(7-10(9)19-2)20(16,17)11-5-13-4-3-8(11)14-12/h3-5,9-10H,6-7,12H2,1-2H3,(H,13,14). The maximum atomic E-state index is 12.6. The van der Waals surface area contributed by atoms with Crippen LogP contribution in [0.25, 0.3) is 0 Å². The summed E-state index contributed by atoms with van der Waals surface area (Å²) >= 11 is 0. The summed E-state index contributed by atoms with van der Waals surface area (Å²) in [6.07, 6.45) is 2.15. The maximum Gasteiger partial charge on any atom is 0.246 e. The molecule has 0 amide bonds. The average molecular weight is 302 g/mol. The molecule has 0 aromatic carbocycles. The number of sulfonamides is 1. The van der Waals surface area contributed by atoms with Gasteiger partial charge in [0.1, 0.15) is 4.90 Å². The van der Waals surface area contributed by atoms with Crippen molar-refractivity contribution in [2.75, 3.05) is 32.7 Å². The molecule has 1 aromatic rings. The van der Waals surface area contributed by atoms with Gasteiger partial charge in [0.15, 0.2) is 0 Å². The normalized spacial score (nSPS) is 23.9. The van der Waals surface area contributed by atoms with Crippen molar-refractivity contribution in [2.45, 2.75) is 17.1 Å². The zero-order chi connectivity index (χ0) is 14.8. The minimum absolute atomic E-state index is 0.0362. The van der Waals surface area contributed by atoms with Crippen LogP contribution in [0.3, 0.4) is 0 Å². The number of nitrogens with one attached hydrogen (secondary N) is 1. The number of hydrogen-bond acceptors (Lipinski definition) is 7. The summed E-state index contributed by atoms with van der Waals surface area (Å²) < 4.78 is 37.0. The van der Waals surface area contributed by atoms with Crippen LogP contribution in [0.15, 0.2) is 23.4 Å². The molecule has 0 bridgehead atoms. The van der Waals surface area contributed by atoms with Gasteiger partial charge >= 0.3 is 0 Å². The van der Waals surface area contributed by atoms with Gasteiger partial charge in [0.05, 0.1) is 17.9 Å². The van der Waals surface area contributed by atoms with E-state index in [4.69, 9.17) is 15.3 Å². The molecule has 2 rings (SSSR count). The molecule has 1 aliphatic heterocycles. The molecule has 0 aliphatic carbocycles. The van der Waals surface area contributed by atoms with E-state index in [1.165, 1.54) is 37.0 Å². The molecule has 0 spiro atoms. The third-order valence-corrected chi connectivity index (χ3v) is 5.20. The lowest BCUT2D eigenvalue weighted by molar-refractivity contribution is -0.00461. The highest BCUT2D eigenvalue weighted by molar-refractivity contribution is 7.89. The number of aromatic nitrogens is 1. The van der Waals surface area contributed by atoms with Gasteiger partial charge in [-0.05, 0) is 6.07 Å². The predicted molar refractivity (Wildman–Crippen MR) is 72.4 cm³/mol. The lowest BCUT2D eigenvalue weighted by Gasteiger charge is -2.17. The van der Waals surface area contributed by atoms with E-state index in [2.05, 4.69) is 10.4 Å². The number of hydrogen-bond donors (Lipinski definition) is 2. The monoisotopic (exact) mass is 302 g/mol. The summed E-state index contributed by atoms with van der Waals surface area (Å²) in [7, 11) is -0.636. The third kappa shape index (κ3) is 2.63. The molecule has 20 heavy (non-hydrogen) atoms. The maximum absolute atomic E-state index is 12.6. The molecule has 0 radical (unpaired) electrons. The van der Waals surface area contributed by atoms with Crippen LogP contribution in [0.4, 0.5) is 5.69 Å². The van der Waals surface area contributed by atoms with Crippen LogP contribution in [-0.4, -0.2) is 57.2 Å². The molecule has 2 unspecified atom stereocenters. The van der Waals surface area contributed by atoms with Crippen molar-refractivity contribution in [3.8, 4) is 0 Å². The molecule has 2 heterocycles. The van der Waals surface area contributed by atoms with Crippen molar-refractivity contribution in [3.05, 3.63) is 18.5 Å². The highest BCUT2D eigenvalue weighted by Crippen LogP contribution is 2.27. The summed E-state index contributed by atoms with van der Waals surface area (Å²) in [6.45, 7) is 0.465. The van der Waals surface area contributed by atoms with Crippen LogP contribution in [0, 0.1) is 0 Å². The molecular formula is C11H18N4O4S. The van der Waals surface area contributed by atoms with Crippen LogP contribution < -0.4 is 11.3 Å². The Hall–Kier alpha value is -1.26. The Morgan fingerprint density at radius 2 is 1.95 bits per heavy atom. The zero-order valence-corrected chi connectivity index (χ0v) is 12.1. The van der Waals surface area contributed by atoms with E-state index in [1.807, 2.05) is 0 Å². The van der Waals surface area contributed by atoms with Crippen molar-refractivity contribution in [1.29, 1.82) is 0 Å². The minimum atomic E-state index is -3.70. The number of pyridine rings is 1. The molecule has 1 saturated heterocycles. The van der Waals surface area contributed by atoms with Crippen molar-refractivity contribution in [1.82, 2.24) is 9.29 Å². The largest absolute Gasteiger partial charge is 0.377 e. The molecule has 1 aliphatic rings. The molecule has 3 N–H and O–H groups in total. The zero-order valence-electron chi connectivity index (χ0n) is 11.3. The van der Waals surface area contributed by atoms with E-state index in [-0.39, 0.29) is 30.2 Å². The number of nitrogens with two attached hydrogens (primary N) is 1. The minimum Gasteiger partial charge on any atom is -0.377 e. The smallest absolute Gasteiger partial charge is 0.246 e. The first-order chi connectivity index (χ1) is 9.54. The van der Waals surface area contributed by atoms with Crippen LogP contribution in [-0.2, 0) is 19.5 Å². The molecule has 9 heteroatoms. The van der Waals surface area contributed by atoms with Gasteiger partial charge in [-0.2, -0.15) is 4.31 Å². The van der Waals surface area contributed by atoms with Crippen LogP contribution in [0.5, 0.6) is 0 Å². The van der Waals surface area contributed by atoms with E-state index in [0.717, 1.165) is 0 Å². The molecule has 1 fully saturated rings. The van der Waals surface area contributed by atoms with E-state index in [1.54, 1.807) is 0 Å². The Bertz CT molecular complexity index is 553. The highest BCUT2D eigenvalue weighted by atomic mass is 32.2. The fourth-order valence-corrected chi connectivity index (χ4v) is 3.77. The van der Waals surface area contributed by atoms with Gasteiger partial charge in [0.25, 0.3) is 0 Å². The summed E-state index contributed by atoms with van der Waals surface area (Å²) in [5, 5.41) is 0. The lowest BCUT2D eigenvalue weighted by atomic mass is 10.3. The summed E-state index contributed by atoms with van der Waals surface area (Å²) in [6, 6.07) is 1.50. The second-order valence-corrected chi connectivity index (χ2v) is 6.29. The fraction of sp³-hybridized carbons (Fsp3) is 0.545. The SMILES string of the molecule is COC1CN(S(=O)(=O)c2cnccc2NN)CC1OC. The van der Waals surface area contributed by atoms with Gasteiger partial charge < -0.3 is 14.9 Å². The number of anilines is 1. The molecule has 8 nitrogen and oxygen atoms in total. The van der Waals surface area contributed by atoms with Crippen molar-refractivity contribution in [3.63, 3.8) is 0 Å². The van der Waals surface area contributed by atoms with Gasteiger partial charge in [-0.1, -0.05) is 0 Å². The van der Waals surface area contributed by atoms with E-state index in [9.17, 15) is 8.42 Å². The van der Waals surface area contributed by atoms with E-state index >= 15 is 0 Å². The molecule has 0 saturated carbocycles. The van der Waals surface area contributed by atoms with E-state index in [0.29, 0.717) is 5.69 Å². The number of rotatable bonds is 5. The fourth-order valence-electron chi connectivity index (χ4n) is 2.20. The molecule has 2 atom stereocenters. The number of hydrazine groups is 1. The first kappa shape index (κ1) is 15.1. The van der Waals surface area contributed by atoms with Crippen molar-refractivity contribution < 1.29 is 17.9 Å². The predicted octanol–water partition coefficient (Wildman–Crippen LogP) is -0.598. The second kappa shape index (κ2) is 6.02. The van der Waals surface area contributed by atoms with Gasteiger partial charge in [0, 0.05) is 39.7 Å². The third-order valence-electron chi connectivity index (χ3n) is 3.35.